The summed E-state index contributed by atoms with van der Waals surface area (Å²) >= 11 is 0. The molecule has 0 saturated heterocycles. The first-order chi connectivity index (χ1) is 18.1. The van der Waals surface area contributed by atoms with E-state index >= 15 is 0 Å². The van der Waals surface area contributed by atoms with Crippen LogP contribution in [0.3, 0.4) is 0 Å². The molecule has 0 aliphatic rings. The topological polar surface area (TPSA) is 204 Å². The number of aromatic amines is 1. The van der Waals surface area contributed by atoms with Gasteiger partial charge in [-0.15, -0.1) is 0 Å². The van der Waals surface area contributed by atoms with E-state index in [1.54, 1.807) is 36.5 Å². The summed E-state index contributed by atoms with van der Waals surface area (Å²) in [6.45, 7) is -0.752. The van der Waals surface area contributed by atoms with Gasteiger partial charge >= 0.3 is 11.9 Å². The van der Waals surface area contributed by atoms with Crippen molar-refractivity contribution in [2.45, 2.75) is 37.4 Å². The lowest BCUT2D eigenvalue weighted by Gasteiger charge is -2.23. The van der Waals surface area contributed by atoms with E-state index in [0.29, 0.717) is 5.56 Å². The number of carbonyl (C=O) groups is 5. The molecule has 2 aromatic carbocycles. The van der Waals surface area contributed by atoms with Gasteiger partial charge in [0.05, 0.1) is 12.5 Å². The van der Waals surface area contributed by atoms with E-state index in [1.807, 2.05) is 24.3 Å². The van der Waals surface area contributed by atoms with Crippen molar-refractivity contribution < 1.29 is 34.2 Å². The number of aromatic nitrogens is 1. The summed E-state index contributed by atoms with van der Waals surface area (Å²) in [6.07, 6.45) is 1.20. The minimum atomic E-state index is -1.56. The van der Waals surface area contributed by atoms with Crippen LogP contribution in [0.5, 0.6) is 0 Å². The van der Waals surface area contributed by atoms with Gasteiger partial charge in [0.25, 0.3) is 0 Å². The number of nitrogens with one attached hydrogen (secondary N) is 4. The second-order valence-corrected chi connectivity index (χ2v) is 8.69. The number of hydrogen-bond acceptors (Lipinski definition) is 6. The van der Waals surface area contributed by atoms with Crippen molar-refractivity contribution >= 4 is 40.6 Å². The number of rotatable bonds is 13. The van der Waals surface area contributed by atoms with Crippen molar-refractivity contribution in [1.82, 2.24) is 20.9 Å². The second kappa shape index (κ2) is 13.0. The summed E-state index contributed by atoms with van der Waals surface area (Å²) in [6, 6.07) is 12.5. The number of carboxylic acid groups (broad SMARTS) is 2. The normalized spacial score (nSPS) is 13.2. The van der Waals surface area contributed by atoms with E-state index in [-0.39, 0.29) is 12.8 Å². The van der Waals surface area contributed by atoms with Crippen molar-refractivity contribution in [3.05, 3.63) is 71.9 Å². The molecule has 3 unspecified atom stereocenters. The van der Waals surface area contributed by atoms with Crippen LogP contribution in [0, 0.1) is 0 Å². The van der Waals surface area contributed by atoms with Crippen molar-refractivity contribution in [2.24, 2.45) is 5.73 Å². The Morgan fingerprint density at radius 1 is 0.789 bits per heavy atom. The third-order valence-electron chi connectivity index (χ3n) is 5.79. The van der Waals surface area contributed by atoms with Gasteiger partial charge in [-0.05, 0) is 23.6 Å². The molecular weight excluding hydrogens is 494 g/mol. The highest BCUT2D eigenvalue weighted by atomic mass is 16.4. The Bertz CT molecular complexity index is 1310. The molecule has 200 valence electrons. The summed E-state index contributed by atoms with van der Waals surface area (Å²) in [5.41, 5.74) is 8.58. The van der Waals surface area contributed by atoms with Crippen LogP contribution in [0.2, 0.25) is 0 Å². The third-order valence-corrected chi connectivity index (χ3v) is 5.79. The Labute approximate surface area is 217 Å². The first-order valence-corrected chi connectivity index (χ1v) is 11.8. The predicted octanol–water partition coefficient (Wildman–Crippen LogP) is -0.0745. The second-order valence-electron chi connectivity index (χ2n) is 8.69. The van der Waals surface area contributed by atoms with E-state index in [4.69, 9.17) is 10.8 Å². The first-order valence-electron chi connectivity index (χ1n) is 11.8. The molecule has 0 aliphatic carbocycles. The van der Waals surface area contributed by atoms with E-state index in [9.17, 15) is 29.1 Å². The number of carboxylic acids is 2. The lowest BCUT2D eigenvalue weighted by molar-refractivity contribution is -0.141. The summed E-state index contributed by atoms with van der Waals surface area (Å²) in [7, 11) is 0. The van der Waals surface area contributed by atoms with Gasteiger partial charge in [0, 0.05) is 23.5 Å². The van der Waals surface area contributed by atoms with Crippen LogP contribution in [0.15, 0.2) is 60.8 Å². The molecule has 0 fully saturated rings. The van der Waals surface area contributed by atoms with Crippen LogP contribution < -0.4 is 21.7 Å². The van der Waals surface area contributed by atoms with Crippen molar-refractivity contribution in [3.63, 3.8) is 0 Å². The number of hydrogen-bond donors (Lipinski definition) is 7. The third kappa shape index (κ3) is 7.90. The highest BCUT2D eigenvalue weighted by molar-refractivity contribution is 5.95. The minimum Gasteiger partial charge on any atom is -0.481 e. The highest BCUT2D eigenvalue weighted by Crippen LogP contribution is 2.19. The maximum atomic E-state index is 13.2. The number of nitrogens with two attached hydrogens (primary N) is 1. The molecule has 0 spiro atoms. The van der Waals surface area contributed by atoms with Gasteiger partial charge in [0.2, 0.25) is 17.7 Å². The Morgan fingerprint density at radius 3 is 2.13 bits per heavy atom. The fourth-order valence-corrected chi connectivity index (χ4v) is 3.91. The molecule has 3 aromatic rings. The molecule has 3 amide bonds. The molecule has 0 saturated carbocycles. The highest BCUT2D eigenvalue weighted by Gasteiger charge is 2.30. The molecule has 0 bridgehead atoms. The molecule has 3 rings (SSSR count). The van der Waals surface area contributed by atoms with Crippen LogP contribution in [0.1, 0.15) is 17.5 Å². The molecule has 0 radical (unpaired) electrons. The molecule has 0 aliphatic heterocycles. The average Bonchev–Trinajstić information content (AvgIpc) is 3.29. The van der Waals surface area contributed by atoms with E-state index < -0.39 is 60.8 Å². The Kier molecular flexibility index (Phi) is 9.54. The van der Waals surface area contributed by atoms with E-state index in [0.717, 1.165) is 16.5 Å². The van der Waals surface area contributed by atoms with Gasteiger partial charge in [-0.25, -0.2) is 0 Å². The van der Waals surface area contributed by atoms with Crippen LogP contribution in [-0.4, -0.2) is 69.5 Å². The van der Waals surface area contributed by atoms with Crippen LogP contribution in [0.25, 0.3) is 10.9 Å². The fourth-order valence-electron chi connectivity index (χ4n) is 3.91. The van der Waals surface area contributed by atoms with Crippen LogP contribution >= 0.6 is 0 Å². The number of aliphatic carboxylic acids is 2. The number of H-pyrrole nitrogens is 1. The summed E-state index contributed by atoms with van der Waals surface area (Å²) in [4.78, 5) is 63.7. The van der Waals surface area contributed by atoms with Gasteiger partial charge in [0.1, 0.15) is 18.6 Å². The average molecular weight is 524 g/mol. The summed E-state index contributed by atoms with van der Waals surface area (Å²) in [5, 5.41) is 25.9. The Hall–Kier alpha value is -4.71. The van der Waals surface area contributed by atoms with Gasteiger partial charge in [-0.2, -0.15) is 0 Å². The monoisotopic (exact) mass is 523 g/mol. The van der Waals surface area contributed by atoms with Gasteiger partial charge in [-0.3, -0.25) is 24.0 Å². The maximum Gasteiger partial charge on any atom is 0.322 e. The molecule has 3 atom stereocenters. The molecule has 1 heterocycles. The zero-order chi connectivity index (χ0) is 27.7. The predicted molar refractivity (Wildman–Crippen MR) is 137 cm³/mol. The molecule has 1 aromatic heterocycles. The number of amides is 3. The van der Waals surface area contributed by atoms with Crippen LogP contribution in [0.4, 0.5) is 0 Å². The molecule has 12 heteroatoms. The van der Waals surface area contributed by atoms with Gasteiger partial charge < -0.3 is 36.9 Å². The molecule has 38 heavy (non-hydrogen) atoms. The van der Waals surface area contributed by atoms with Crippen molar-refractivity contribution in [3.8, 4) is 0 Å². The SMILES string of the molecule is NC(Cc1c[nH]c2ccccc12)C(=O)NC(Cc1ccccc1)C(=O)NC(CC(=O)O)C(=O)NCC(=O)O. The molecular formula is C26H29N5O7. The van der Waals surface area contributed by atoms with Crippen LogP contribution in [-0.2, 0) is 36.8 Å². The quantitative estimate of drug-likeness (QED) is 0.161. The standard InChI is InChI=1S/C26H29N5O7/c27-18(11-16-13-28-19-9-5-4-8-17(16)19)24(36)30-20(10-15-6-2-1-3-7-15)26(38)31-21(12-22(32)33)25(37)29-14-23(34)35/h1-9,13,18,20-21,28H,10-12,14,27H2,(H,29,37)(H,30,36)(H,31,38)(H,32,33)(H,34,35). The lowest BCUT2D eigenvalue weighted by atomic mass is 10.0. The number of fused-ring (bicyclic) bond motifs is 1. The lowest BCUT2D eigenvalue weighted by Crippen LogP contribution is -2.57. The van der Waals surface area contributed by atoms with Crippen molar-refractivity contribution in [1.29, 1.82) is 0 Å². The Balaban J connectivity index is 1.75. The largest absolute Gasteiger partial charge is 0.481 e. The zero-order valence-corrected chi connectivity index (χ0v) is 20.3. The molecule has 12 nitrogen and oxygen atoms in total. The van der Waals surface area contributed by atoms with Gasteiger partial charge in [0.15, 0.2) is 0 Å². The smallest absolute Gasteiger partial charge is 0.322 e. The van der Waals surface area contributed by atoms with Gasteiger partial charge in [-0.1, -0.05) is 48.5 Å². The molecule has 8 N–H and O–H groups in total. The van der Waals surface area contributed by atoms with E-state index in [2.05, 4.69) is 20.9 Å². The zero-order valence-electron chi connectivity index (χ0n) is 20.3. The van der Waals surface area contributed by atoms with E-state index in [1.165, 1.54) is 0 Å². The maximum absolute atomic E-state index is 13.2. The Morgan fingerprint density at radius 2 is 1.45 bits per heavy atom. The summed E-state index contributed by atoms with van der Waals surface area (Å²) in [5.74, 6) is -5.14. The fraction of sp³-hybridized carbons (Fsp3) is 0.269. The minimum absolute atomic E-state index is 0.0365. The number of para-hydroxylation sites is 1. The number of benzene rings is 2. The summed E-state index contributed by atoms with van der Waals surface area (Å²) < 4.78 is 0. The van der Waals surface area contributed by atoms with Crippen molar-refractivity contribution in [2.75, 3.05) is 6.54 Å². The first kappa shape index (κ1) is 27.9. The number of carbonyl (C=O) groups excluding carboxylic acids is 3.